The van der Waals surface area contributed by atoms with Crippen LogP contribution in [0, 0.1) is 0 Å². The number of nitrogens with zero attached hydrogens (tertiary/aromatic N) is 2. The van der Waals surface area contributed by atoms with Gasteiger partial charge in [0.1, 0.15) is 18.5 Å². The summed E-state index contributed by atoms with van der Waals surface area (Å²) in [5.74, 6) is -0.398. The van der Waals surface area contributed by atoms with E-state index in [9.17, 15) is 26.4 Å². The van der Waals surface area contributed by atoms with Gasteiger partial charge in [0.15, 0.2) is 0 Å². The third-order valence-corrected chi connectivity index (χ3v) is 5.72. The first kappa shape index (κ1) is 21.6. The van der Waals surface area contributed by atoms with Gasteiger partial charge in [-0.3, -0.25) is 4.57 Å². The van der Waals surface area contributed by atoms with Crippen molar-refractivity contribution in [2.24, 2.45) is 0 Å². The number of aryl methyl sites for hydroxylation is 1. The summed E-state index contributed by atoms with van der Waals surface area (Å²) in [6, 6.07) is 5.23. The molecule has 0 bridgehead atoms. The Morgan fingerprint density at radius 2 is 2.03 bits per heavy atom. The highest BCUT2D eigenvalue weighted by Gasteiger charge is 2.48. The Kier molecular flexibility index (Phi) is 5.66. The third kappa shape index (κ3) is 4.52. The molecule has 1 aromatic heterocycles. The maximum Gasteiger partial charge on any atom is 0.534 e. The van der Waals surface area contributed by atoms with Crippen molar-refractivity contribution in [1.29, 1.82) is 0 Å². The molecule has 0 amide bonds. The lowest BCUT2D eigenvalue weighted by Gasteiger charge is -2.24. The minimum absolute atomic E-state index is 0.0678. The van der Waals surface area contributed by atoms with E-state index in [-0.39, 0.29) is 31.6 Å². The van der Waals surface area contributed by atoms with Gasteiger partial charge in [-0.1, -0.05) is 0 Å². The average molecular weight is 462 g/mol. The largest absolute Gasteiger partial charge is 0.534 e. The van der Waals surface area contributed by atoms with E-state index in [0.29, 0.717) is 36.6 Å². The molecule has 3 heterocycles. The molecule has 1 unspecified atom stereocenters. The molecular weight excluding hydrogens is 445 g/mol. The topological polar surface area (TPSA) is 106 Å². The molecule has 1 aromatic carbocycles. The summed E-state index contributed by atoms with van der Waals surface area (Å²) in [6.07, 6.45) is -0.0161. The highest BCUT2D eigenvalue weighted by molar-refractivity contribution is 7.88. The summed E-state index contributed by atoms with van der Waals surface area (Å²) in [5, 5.41) is 0. The molecule has 2 aromatic rings. The molecule has 2 aliphatic heterocycles. The van der Waals surface area contributed by atoms with Crippen LogP contribution < -0.4 is 14.6 Å². The Morgan fingerprint density at radius 3 is 2.74 bits per heavy atom. The molecule has 1 fully saturated rings. The van der Waals surface area contributed by atoms with Crippen LogP contribution in [0.25, 0.3) is 11.3 Å². The van der Waals surface area contributed by atoms with Crippen molar-refractivity contribution in [2.45, 2.75) is 24.6 Å². The Balaban J connectivity index is 1.59. The zero-order chi connectivity index (χ0) is 22.2. The first-order valence-corrected chi connectivity index (χ1v) is 10.6. The molecule has 0 aliphatic carbocycles. The van der Waals surface area contributed by atoms with Crippen LogP contribution >= 0.6 is 0 Å². The van der Waals surface area contributed by atoms with Crippen molar-refractivity contribution >= 4 is 10.1 Å². The van der Waals surface area contributed by atoms with Crippen molar-refractivity contribution in [2.75, 3.05) is 26.4 Å². The van der Waals surface area contributed by atoms with Crippen LogP contribution in [0.3, 0.4) is 0 Å². The highest BCUT2D eigenvalue weighted by Crippen LogP contribution is 2.34. The lowest BCUT2D eigenvalue weighted by Crippen LogP contribution is -2.34. The summed E-state index contributed by atoms with van der Waals surface area (Å²) in [4.78, 5) is 16.3. The number of ether oxygens (including phenoxy) is 3. The summed E-state index contributed by atoms with van der Waals surface area (Å²) in [5.41, 5.74) is -4.57. The zero-order valence-electron chi connectivity index (χ0n) is 15.9. The van der Waals surface area contributed by atoms with E-state index in [4.69, 9.17) is 14.2 Å². The quantitative estimate of drug-likeness (QED) is 0.486. The first-order valence-electron chi connectivity index (χ1n) is 9.22. The van der Waals surface area contributed by atoms with E-state index in [1.54, 1.807) is 0 Å². The van der Waals surface area contributed by atoms with Gasteiger partial charge in [-0.15, -0.1) is 0 Å². The fraction of sp³-hybridized carbons (Fsp3) is 0.444. The SMILES string of the molecule is O=c1nc(OCC2COCCO2)cc2n1CCc1cc(OS(=O)(=O)C(F)(F)F)ccc1-2. The number of hydrogen-bond donors (Lipinski definition) is 0. The number of benzene rings is 1. The van der Waals surface area contributed by atoms with E-state index in [1.165, 1.54) is 22.8 Å². The van der Waals surface area contributed by atoms with Crippen LogP contribution in [0.4, 0.5) is 13.2 Å². The number of rotatable bonds is 5. The second-order valence-corrected chi connectivity index (χ2v) is 8.38. The lowest BCUT2D eigenvalue weighted by molar-refractivity contribution is -0.102. The van der Waals surface area contributed by atoms with Crippen molar-refractivity contribution in [3.63, 3.8) is 0 Å². The van der Waals surface area contributed by atoms with Crippen LogP contribution in [-0.4, -0.2) is 56.0 Å². The molecule has 1 atom stereocenters. The number of alkyl halides is 3. The Hall–Kier alpha value is -2.64. The van der Waals surface area contributed by atoms with Gasteiger partial charge >= 0.3 is 21.3 Å². The maximum absolute atomic E-state index is 12.6. The molecule has 0 saturated carbocycles. The highest BCUT2D eigenvalue weighted by atomic mass is 32.2. The Labute approximate surface area is 174 Å². The van der Waals surface area contributed by atoms with Gasteiger partial charge in [-0.25, -0.2) is 4.79 Å². The monoisotopic (exact) mass is 462 g/mol. The first-order chi connectivity index (χ1) is 14.6. The van der Waals surface area contributed by atoms with Crippen LogP contribution in [-0.2, 0) is 32.6 Å². The van der Waals surface area contributed by atoms with Gasteiger partial charge in [0.25, 0.3) is 0 Å². The Morgan fingerprint density at radius 1 is 1.23 bits per heavy atom. The zero-order valence-corrected chi connectivity index (χ0v) is 16.7. The summed E-state index contributed by atoms with van der Waals surface area (Å²) in [6.45, 7) is 1.64. The average Bonchev–Trinajstić information content (AvgIpc) is 2.71. The van der Waals surface area contributed by atoms with Gasteiger partial charge in [0.2, 0.25) is 5.88 Å². The minimum Gasteiger partial charge on any atom is -0.475 e. The number of aromatic nitrogens is 2. The van der Waals surface area contributed by atoms with Gasteiger partial charge in [0, 0.05) is 18.2 Å². The second kappa shape index (κ2) is 8.13. The predicted molar refractivity (Wildman–Crippen MR) is 99.3 cm³/mol. The van der Waals surface area contributed by atoms with E-state index in [1.807, 2.05) is 0 Å². The molecule has 0 N–H and O–H groups in total. The van der Waals surface area contributed by atoms with Crippen LogP contribution in [0.2, 0.25) is 0 Å². The minimum atomic E-state index is -5.78. The van der Waals surface area contributed by atoms with Gasteiger partial charge in [0.05, 0.1) is 25.5 Å². The fourth-order valence-electron chi connectivity index (χ4n) is 3.29. The van der Waals surface area contributed by atoms with E-state index in [0.717, 1.165) is 6.07 Å². The molecule has 13 heteroatoms. The van der Waals surface area contributed by atoms with Crippen LogP contribution in [0.1, 0.15) is 5.56 Å². The molecule has 2 aliphatic rings. The Bertz CT molecular complexity index is 1140. The standard InChI is InChI=1S/C18H17F3N2O7S/c19-18(20,21)31(25,26)30-12-1-2-14-11(7-12)3-4-23-15(14)8-16(22-17(23)24)29-10-13-9-27-5-6-28-13/h1-2,7-8,13H,3-6,9-10H2. The van der Waals surface area contributed by atoms with Crippen molar-refractivity contribution in [3.05, 3.63) is 40.3 Å². The second-order valence-electron chi connectivity index (χ2n) is 6.84. The van der Waals surface area contributed by atoms with E-state index >= 15 is 0 Å². The third-order valence-electron chi connectivity index (χ3n) is 4.74. The van der Waals surface area contributed by atoms with Crippen molar-refractivity contribution in [1.82, 2.24) is 9.55 Å². The summed E-state index contributed by atoms with van der Waals surface area (Å²) >= 11 is 0. The van der Waals surface area contributed by atoms with Crippen molar-refractivity contribution < 1.29 is 40.0 Å². The maximum atomic E-state index is 12.6. The predicted octanol–water partition coefficient (Wildman–Crippen LogP) is 1.49. The number of fused-ring (bicyclic) bond motifs is 3. The molecule has 1 saturated heterocycles. The lowest BCUT2D eigenvalue weighted by atomic mass is 9.97. The summed E-state index contributed by atoms with van der Waals surface area (Å²) < 4.78 is 82.1. The smallest absolute Gasteiger partial charge is 0.475 e. The van der Waals surface area contributed by atoms with Gasteiger partial charge < -0.3 is 18.4 Å². The number of hydrogen-bond acceptors (Lipinski definition) is 8. The van der Waals surface area contributed by atoms with E-state index in [2.05, 4.69) is 9.17 Å². The molecule has 0 radical (unpaired) electrons. The molecule has 4 rings (SSSR count). The van der Waals surface area contributed by atoms with Crippen molar-refractivity contribution in [3.8, 4) is 22.9 Å². The van der Waals surface area contributed by atoms with Gasteiger partial charge in [-0.2, -0.15) is 26.6 Å². The van der Waals surface area contributed by atoms with Gasteiger partial charge in [-0.05, 0) is 30.2 Å². The van der Waals surface area contributed by atoms with Crippen LogP contribution in [0.15, 0.2) is 29.1 Å². The fourth-order valence-corrected chi connectivity index (χ4v) is 3.75. The molecule has 168 valence electrons. The molecule has 31 heavy (non-hydrogen) atoms. The summed E-state index contributed by atoms with van der Waals surface area (Å²) in [7, 11) is -5.78. The normalized spacial score (nSPS) is 18.7. The van der Waals surface area contributed by atoms with Crippen LogP contribution in [0.5, 0.6) is 11.6 Å². The van der Waals surface area contributed by atoms with E-state index < -0.39 is 27.1 Å². The molecular formula is C18H17F3N2O7S. The molecule has 9 nitrogen and oxygen atoms in total. The number of halogens is 3. The molecule has 0 spiro atoms.